The number of amides is 1. The molecule has 0 spiro atoms. The summed E-state index contributed by atoms with van der Waals surface area (Å²) in [5.41, 5.74) is -0.335. The molecule has 0 aliphatic rings. The van der Waals surface area contributed by atoms with Gasteiger partial charge >= 0.3 is 6.18 Å². The van der Waals surface area contributed by atoms with Crippen molar-refractivity contribution in [3.05, 3.63) is 77.5 Å². The van der Waals surface area contributed by atoms with Gasteiger partial charge in [0.05, 0.1) is 5.69 Å². The van der Waals surface area contributed by atoms with Gasteiger partial charge in [0.2, 0.25) is 5.82 Å². The minimum Gasteiger partial charge on any atom is -0.319 e. The second kappa shape index (κ2) is 7.84. The van der Waals surface area contributed by atoms with E-state index in [1.54, 1.807) is 0 Å². The maximum Gasteiger partial charge on any atom is 0.433 e. The van der Waals surface area contributed by atoms with E-state index in [4.69, 9.17) is 0 Å². The molecule has 0 bridgehead atoms. The fourth-order valence-electron chi connectivity index (χ4n) is 2.91. The van der Waals surface area contributed by atoms with Crippen molar-refractivity contribution in [3.63, 3.8) is 0 Å². The molecule has 162 valence electrons. The highest BCUT2D eigenvalue weighted by atomic mass is 19.4. The Morgan fingerprint density at radius 2 is 1.62 bits per heavy atom. The van der Waals surface area contributed by atoms with E-state index >= 15 is 0 Å². The van der Waals surface area contributed by atoms with E-state index in [-0.39, 0.29) is 17.0 Å². The van der Waals surface area contributed by atoms with Gasteiger partial charge < -0.3 is 5.32 Å². The summed E-state index contributed by atoms with van der Waals surface area (Å²) in [4.78, 5) is 31.7. The molecule has 2 heterocycles. The fraction of sp³-hybridized carbons (Fsp3) is 0.0952. The molecular formula is C21H13F4N5O2. The van der Waals surface area contributed by atoms with Gasteiger partial charge in [-0.15, -0.1) is 5.10 Å². The van der Waals surface area contributed by atoms with Crippen LogP contribution in [0.4, 0.5) is 23.2 Å². The van der Waals surface area contributed by atoms with Crippen molar-refractivity contribution in [2.24, 2.45) is 0 Å². The van der Waals surface area contributed by atoms with E-state index in [9.17, 15) is 27.2 Å². The van der Waals surface area contributed by atoms with Crippen LogP contribution in [0.3, 0.4) is 0 Å². The van der Waals surface area contributed by atoms with E-state index in [0.717, 1.165) is 18.2 Å². The molecule has 4 rings (SSSR count). The number of aromatic nitrogens is 4. The normalized spacial score (nSPS) is 11.5. The average molecular weight is 443 g/mol. The number of fused-ring (bicyclic) bond motifs is 1. The highest BCUT2D eigenvalue weighted by molar-refractivity contribution is 6.02. The zero-order chi connectivity index (χ0) is 23.0. The van der Waals surface area contributed by atoms with Gasteiger partial charge in [-0.2, -0.15) is 22.7 Å². The van der Waals surface area contributed by atoms with Gasteiger partial charge in [0, 0.05) is 16.8 Å². The number of hydrogen-bond donors (Lipinski definition) is 1. The third-order valence-electron chi connectivity index (χ3n) is 4.49. The number of rotatable bonds is 4. The molecule has 4 aromatic rings. The van der Waals surface area contributed by atoms with Crippen LogP contribution in [-0.4, -0.2) is 31.3 Å². The van der Waals surface area contributed by atoms with Crippen LogP contribution < -0.4 is 5.32 Å². The van der Waals surface area contributed by atoms with E-state index in [0.29, 0.717) is 15.8 Å². The first kappa shape index (κ1) is 21.1. The van der Waals surface area contributed by atoms with Crippen LogP contribution in [0.2, 0.25) is 0 Å². The molecule has 0 aliphatic carbocycles. The molecule has 1 amide bonds. The summed E-state index contributed by atoms with van der Waals surface area (Å²) in [6.45, 7) is 1.39. The summed E-state index contributed by atoms with van der Waals surface area (Å²) in [5, 5.41) is 6.12. The molecule has 32 heavy (non-hydrogen) atoms. The first-order chi connectivity index (χ1) is 15.1. The molecule has 0 fully saturated rings. The van der Waals surface area contributed by atoms with Crippen LogP contribution in [0.5, 0.6) is 0 Å². The molecule has 0 aliphatic heterocycles. The number of benzene rings is 2. The van der Waals surface area contributed by atoms with E-state index in [1.807, 2.05) is 0 Å². The van der Waals surface area contributed by atoms with E-state index in [1.165, 1.54) is 43.3 Å². The lowest BCUT2D eigenvalue weighted by atomic mass is 10.1. The minimum absolute atomic E-state index is 0.107. The standard InChI is InChI=1S/C21H13F4N5O2/c1-11(31)12-4-8-15(9-5-12)26-19(32)18-28-20-27-16(13-2-6-14(22)7-3-13)10-17(21(23,24)25)30(20)29-18/h2-10H,1H3,(H,26,32). The number of halogens is 4. The van der Waals surface area contributed by atoms with Crippen molar-refractivity contribution in [2.75, 3.05) is 5.32 Å². The van der Waals surface area contributed by atoms with E-state index < -0.39 is 35.2 Å². The van der Waals surface area contributed by atoms with Gasteiger partial charge in [0.25, 0.3) is 11.7 Å². The predicted octanol–water partition coefficient (Wildman–Crippen LogP) is 4.40. The van der Waals surface area contributed by atoms with Crippen LogP contribution in [0, 0.1) is 5.82 Å². The lowest BCUT2D eigenvalue weighted by molar-refractivity contribution is -0.142. The number of alkyl halides is 3. The van der Waals surface area contributed by atoms with Gasteiger partial charge in [0.15, 0.2) is 11.5 Å². The van der Waals surface area contributed by atoms with E-state index in [2.05, 4.69) is 20.4 Å². The summed E-state index contributed by atoms with van der Waals surface area (Å²) in [6.07, 6.45) is -4.82. The third-order valence-corrected chi connectivity index (χ3v) is 4.49. The summed E-state index contributed by atoms with van der Waals surface area (Å²) in [5.74, 6) is -2.55. The molecule has 2 aromatic heterocycles. The molecule has 2 aromatic carbocycles. The third kappa shape index (κ3) is 4.17. The van der Waals surface area contributed by atoms with Crippen molar-refractivity contribution in [2.45, 2.75) is 13.1 Å². The van der Waals surface area contributed by atoms with Crippen molar-refractivity contribution in [1.82, 2.24) is 19.6 Å². The maximum atomic E-state index is 13.6. The molecule has 1 N–H and O–H groups in total. The van der Waals surface area contributed by atoms with Gasteiger partial charge in [-0.1, -0.05) is 0 Å². The Hall–Kier alpha value is -4.15. The predicted molar refractivity (Wildman–Crippen MR) is 106 cm³/mol. The minimum atomic E-state index is -4.82. The number of Topliss-reactive ketones (excluding diaryl/α,β-unsaturated/α-hetero) is 1. The Kier molecular flexibility index (Phi) is 5.17. The van der Waals surface area contributed by atoms with Crippen molar-refractivity contribution < 1.29 is 27.2 Å². The number of hydrogen-bond acceptors (Lipinski definition) is 5. The fourth-order valence-corrected chi connectivity index (χ4v) is 2.91. The molecule has 0 saturated carbocycles. The van der Waals surface area contributed by atoms with Crippen molar-refractivity contribution in [3.8, 4) is 11.3 Å². The average Bonchev–Trinajstić information content (AvgIpc) is 3.17. The zero-order valence-electron chi connectivity index (χ0n) is 16.3. The first-order valence-corrected chi connectivity index (χ1v) is 9.15. The van der Waals surface area contributed by atoms with Crippen LogP contribution >= 0.6 is 0 Å². The van der Waals surface area contributed by atoms with Gasteiger partial charge in [0.1, 0.15) is 5.82 Å². The molecular weight excluding hydrogens is 430 g/mol. The van der Waals surface area contributed by atoms with Crippen molar-refractivity contribution in [1.29, 1.82) is 0 Å². The highest BCUT2D eigenvalue weighted by Crippen LogP contribution is 2.32. The zero-order valence-corrected chi connectivity index (χ0v) is 16.3. The maximum absolute atomic E-state index is 13.6. The Morgan fingerprint density at radius 3 is 2.22 bits per heavy atom. The summed E-state index contributed by atoms with van der Waals surface area (Å²) in [6, 6.07) is 11.4. The number of carbonyl (C=O) groups excluding carboxylic acids is 2. The summed E-state index contributed by atoms with van der Waals surface area (Å²) < 4.78 is 54.5. The number of nitrogens with zero attached hydrogens (tertiary/aromatic N) is 4. The Morgan fingerprint density at radius 1 is 0.969 bits per heavy atom. The summed E-state index contributed by atoms with van der Waals surface area (Å²) in [7, 11) is 0. The highest BCUT2D eigenvalue weighted by Gasteiger charge is 2.36. The lowest BCUT2D eigenvalue weighted by Crippen LogP contribution is -2.16. The Bertz CT molecular complexity index is 1330. The molecule has 7 nitrogen and oxygen atoms in total. The first-order valence-electron chi connectivity index (χ1n) is 9.15. The molecule has 0 saturated heterocycles. The molecule has 0 atom stereocenters. The second-order valence-electron chi connectivity index (χ2n) is 6.77. The number of ketones is 1. The SMILES string of the molecule is CC(=O)c1ccc(NC(=O)c2nc3nc(-c4ccc(F)cc4)cc(C(F)(F)F)n3n2)cc1. The Balaban J connectivity index is 1.72. The monoisotopic (exact) mass is 443 g/mol. The van der Waals surface area contributed by atoms with Gasteiger partial charge in [-0.05, 0) is 61.5 Å². The molecule has 0 unspecified atom stereocenters. The topological polar surface area (TPSA) is 89.2 Å². The summed E-state index contributed by atoms with van der Waals surface area (Å²) >= 11 is 0. The number of nitrogens with one attached hydrogen (secondary N) is 1. The molecule has 11 heteroatoms. The smallest absolute Gasteiger partial charge is 0.319 e. The number of carbonyl (C=O) groups is 2. The van der Waals surface area contributed by atoms with Crippen LogP contribution in [0.15, 0.2) is 54.6 Å². The van der Waals surface area contributed by atoms with Crippen molar-refractivity contribution >= 4 is 23.2 Å². The largest absolute Gasteiger partial charge is 0.433 e. The number of anilines is 1. The second-order valence-corrected chi connectivity index (χ2v) is 6.77. The lowest BCUT2D eigenvalue weighted by Gasteiger charge is -2.10. The van der Waals surface area contributed by atoms with Gasteiger partial charge in [-0.3, -0.25) is 9.59 Å². The Labute approximate surface area is 177 Å². The molecule has 0 radical (unpaired) electrons. The van der Waals surface area contributed by atoms with Crippen LogP contribution in [0.25, 0.3) is 17.0 Å². The van der Waals surface area contributed by atoms with Crippen LogP contribution in [0.1, 0.15) is 33.6 Å². The quantitative estimate of drug-likeness (QED) is 0.373. The van der Waals surface area contributed by atoms with Gasteiger partial charge in [-0.25, -0.2) is 9.37 Å². The van der Waals surface area contributed by atoms with Crippen LogP contribution in [-0.2, 0) is 6.18 Å².